The van der Waals surface area contributed by atoms with E-state index in [4.69, 9.17) is 4.74 Å². The summed E-state index contributed by atoms with van der Waals surface area (Å²) in [6.45, 7) is 1.25. The van der Waals surface area contributed by atoms with Gasteiger partial charge >= 0.3 is 12.0 Å². The molecule has 3 fully saturated rings. The van der Waals surface area contributed by atoms with E-state index in [-0.39, 0.29) is 17.9 Å². The van der Waals surface area contributed by atoms with E-state index in [0.717, 1.165) is 37.0 Å². The topological polar surface area (TPSA) is 105 Å². The van der Waals surface area contributed by atoms with Crippen LogP contribution in [0.15, 0.2) is 0 Å². The second kappa shape index (κ2) is 7.63. The monoisotopic (exact) mass is 365 g/mol. The summed E-state index contributed by atoms with van der Waals surface area (Å²) in [6.07, 6.45) is 7.24. The molecule has 144 valence electrons. The van der Waals surface area contributed by atoms with E-state index < -0.39 is 30.7 Å². The van der Waals surface area contributed by atoms with Gasteiger partial charge in [-0.15, -0.1) is 0 Å². The Morgan fingerprint density at radius 3 is 2.58 bits per heavy atom. The van der Waals surface area contributed by atoms with Gasteiger partial charge in [0.1, 0.15) is 12.1 Å². The van der Waals surface area contributed by atoms with Gasteiger partial charge < -0.3 is 15.4 Å². The van der Waals surface area contributed by atoms with Gasteiger partial charge in [-0.3, -0.25) is 19.3 Å². The Morgan fingerprint density at radius 1 is 1.19 bits per heavy atom. The van der Waals surface area contributed by atoms with Crippen LogP contribution in [0.3, 0.4) is 0 Å². The highest BCUT2D eigenvalue weighted by Crippen LogP contribution is 2.34. The summed E-state index contributed by atoms with van der Waals surface area (Å²) in [4.78, 5) is 49.4. The molecule has 8 heteroatoms. The Bertz CT molecular complexity index is 600. The molecular weight excluding hydrogens is 338 g/mol. The van der Waals surface area contributed by atoms with Crippen molar-refractivity contribution in [2.75, 3.05) is 13.2 Å². The van der Waals surface area contributed by atoms with E-state index in [1.54, 1.807) is 0 Å². The lowest BCUT2D eigenvalue weighted by molar-refractivity contribution is -0.151. The number of carbonyl (C=O) groups excluding carboxylic acids is 4. The average molecular weight is 365 g/mol. The molecule has 0 aromatic carbocycles. The highest BCUT2D eigenvalue weighted by atomic mass is 16.5. The van der Waals surface area contributed by atoms with E-state index in [2.05, 4.69) is 17.6 Å². The zero-order valence-corrected chi connectivity index (χ0v) is 15.2. The molecule has 3 rings (SSSR count). The average Bonchev–Trinajstić information content (AvgIpc) is 3.16. The number of ether oxygens (including phenoxy) is 1. The van der Waals surface area contributed by atoms with Crippen molar-refractivity contribution in [2.45, 2.75) is 69.9 Å². The largest absolute Gasteiger partial charge is 0.454 e. The molecule has 1 aliphatic heterocycles. The second-order valence-corrected chi connectivity index (χ2v) is 7.71. The van der Waals surface area contributed by atoms with Crippen LogP contribution in [0, 0.1) is 5.92 Å². The molecule has 2 atom stereocenters. The Kier molecular flexibility index (Phi) is 5.48. The number of esters is 1. The first-order chi connectivity index (χ1) is 12.4. The van der Waals surface area contributed by atoms with E-state index in [0.29, 0.717) is 18.8 Å². The molecule has 1 heterocycles. The third-order valence-corrected chi connectivity index (χ3v) is 5.81. The number of hydrogen-bond donors (Lipinski definition) is 2. The van der Waals surface area contributed by atoms with Gasteiger partial charge in [0.2, 0.25) is 0 Å². The maximum Gasteiger partial charge on any atom is 0.326 e. The van der Waals surface area contributed by atoms with Gasteiger partial charge in [-0.2, -0.15) is 0 Å². The van der Waals surface area contributed by atoms with Crippen LogP contribution in [-0.4, -0.2) is 53.4 Å². The molecule has 8 nitrogen and oxygen atoms in total. The molecule has 1 saturated heterocycles. The van der Waals surface area contributed by atoms with Crippen LogP contribution in [0.25, 0.3) is 0 Å². The van der Waals surface area contributed by atoms with E-state index in [1.165, 1.54) is 6.42 Å². The van der Waals surface area contributed by atoms with Gasteiger partial charge in [-0.05, 0) is 31.6 Å². The molecule has 4 amide bonds. The van der Waals surface area contributed by atoms with Crippen molar-refractivity contribution in [1.82, 2.24) is 15.5 Å². The van der Waals surface area contributed by atoms with E-state index >= 15 is 0 Å². The Balaban J connectivity index is 1.44. The predicted octanol–water partition coefficient (Wildman–Crippen LogP) is 1.09. The number of hydrogen-bond acceptors (Lipinski definition) is 5. The number of nitrogens with zero attached hydrogens (tertiary/aromatic N) is 1. The maximum absolute atomic E-state index is 12.5. The zero-order chi connectivity index (χ0) is 18.7. The van der Waals surface area contributed by atoms with Crippen LogP contribution < -0.4 is 10.6 Å². The quantitative estimate of drug-likeness (QED) is 0.560. The summed E-state index contributed by atoms with van der Waals surface area (Å²) in [5.74, 6) is -1.05. The molecule has 2 N–H and O–H groups in total. The minimum atomic E-state index is -0.841. The van der Waals surface area contributed by atoms with Crippen LogP contribution in [0.4, 0.5) is 4.79 Å². The van der Waals surface area contributed by atoms with Crippen molar-refractivity contribution in [2.24, 2.45) is 5.92 Å². The fraction of sp³-hybridized carbons (Fsp3) is 0.778. The third-order valence-electron chi connectivity index (χ3n) is 5.81. The first kappa shape index (κ1) is 18.7. The highest BCUT2D eigenvalue weighted by Gasteiger charge is 2.52. The lowest BCUT2D eigenvalue weighted by Gasteiger charge is -2.29. The highest BCUT2D eigenvalue weighted by molar-refractivity contribution is 6.08. The molecular formula is C18H27N3O5. The molecule has 3 aliphatic rings. The minimum Gasteiger partial charge on any atom is -0.454 e. The Labute approximate surface area is 153 Å². The van der Waals surface area contributed by atoms with E-state index in [1.807, 2.05) is 0 Å². The van der Waals surface area contributed by atoms with Gasteiger partial charge in [0, 0.05) is 6.04 Å². The Morgan fingerprint density at radius 2 is 1.88 bits per heavy atom. The molecule has 0 aromatic rings. The molecule has 0 radical (unpaired) electrons. The summed E-state index contributed by atoms with van der Waals surface area (Å²) in [5.41, 5.74) is -0.841. The fourth-order valence-corrected chi connectivity index (χ4v) is 4.24. The SMILES string of the molecule is C[C@@H]1CCCC[C@H]1NC(=O)COC(=O)CN1C(=O)NC2(CCCC2)C1=O. The van der Waals surface area contributed by atoms with Gasteiger partial charge in [0.05, 0.1) is 0 Å². The smallest absolute Gasteiger partial charge is 0.326 e. The van der Waals surface area contributed by atoms with Gasteiger partial charge in [-0.1, -0.05) is 32.6 Å². The second-order valence-electron chi connectivity index (χ2n) is 7.71. The van der Waals surface area contributed by atoms with Crippen molar-refractivity contribution >= 4 is 23.8 Å². The first-order valence-corrected chi connectivity index (χ1v) is 9.50. The predicted molar refractivity (Wildman–Crippen MR) is 92.0 cm³/mol. The van der Waals surface area contributed by atoms with Gasteiger partial charge in [0.15, 0.2) is 6.61 Å². The van der Waals surface area contributed by atoms with Crippen LogP contribution in [0.2, 0.25) is 0 Å². The van der Waals surface area contributed by atoms with Crippen molar-refractivity contribution in [3.8, 4) is 0 Å². The molecule has 2 saturated carbocycles. The molecule has 1 spiro atoms. The number of carbonyl (C=O) groups is 4. The maximum atomic E-state index is 12.5. The standard InChI is InChI=1S/C18H27N3O5/c1-12-6-2-3-7-13(12)19-14(22)11-26-15(23)10-21-16(24)18(20-17(21)25)8-4-5-9-18/h12-13H,2-11H2,1H3,(H,19,22)(H,20,25)/t12-,13-/m1/s1. The lowest BCUT2D eigenvalue weighted by Crippen LogP contribution is -2.45. The summed E-state index contributed by atoms with van der Waals surface area (Å²) in [5, 5.41) is 5.61. The summed E-state index contributed by atoms with van der Waals surface area (Å²) < 4.78 is 4.97. The van der Waals surface area contributed by atoms with Crippen LogP contribution >= 0.6 is 0 Å². The van der Waals surface area contributed by atoms with Crippen LogP contribution in [-0.2, 0) is 19.1 Å². The van der Waals surface area contributed by atoms with Crippen molar-refractivity contribution < 1.29 is 23.9 Å². The zero-order valence-electron chi connectivity index (χ0n) is 15.2. The molecule has 0 bridgehead atoms. The van der Waals surface area contributed by atoms with Crippen molar-refractivity contribution in [3.63, 3.8) is 0 Å². The summed E-state index contributed by atoms with van der Waals surface area (Å²) in [7, 11) is 0. The summed E-state index contributed by atoms with van der Waals surface area (Å²) in [6, 6.07) is -0.447. The van der Waals surface area contributed by atoms with Gasteiger partial charge in [-0.25, -0.2) is 4.79 Å². The molecule has 26 heavy (non-hydrogen) atoms. The normalized spacial score (nSPS) is 27.5. The number of imide groups is 1. The van der Waals surface area contributed by atoms with E-state index in [9.17, 15) is 19.2 Å². The molecule has 2 aliphatic carbocycles. The number of nitrogens with one attached hydrogen (secondary N) is 2. The fourth-order valence-electron chi connectivity index (χ4n) is 4.24. The minimum absolute atomic E-state index is 0.114. The van der Waals surface area contributed by atoms with Crippen molar-refractivity contribution in [3.05, 3.63) is 0 Å². The van der Waals surface area contributed by atoms with Crippen LogP contribution in [0.5, 0.6) is 0 Å². The summed E-state index contributed by atoms with van der Waals surface area (Å²) >= 11 is 0. The van der Waals surface area contributed by atoms with Gasteiger partial charge in [0.25, 0.3) is 11.8 Å². The number of rotatable bonds is 5. The Hall–Kier alpha value is -2.12. The molecule has 0 aromatic heterocycles. The number of urea groups is 1. The third kappa shape index (κ3) is 3.83. The molecule has 0 unspecified atom stereocenters. The van der Waals surface area contributed by atoms with Crippen LogP contribution in [0.1, 0.15) is 58.3 Å². The lowest BCUT2D eigenvalue weighted by atomic mass is 9.86. The number of amides is 4. The van der Waals surface area contributed by atoms with Crippen molar-refractivity contribution in [1.29, 1.82) is 0 Å². The first-order valence-electron chi connectivity index (χ1n) is 9.50.